The summed E-state index contributed by atoms with van der Waals surface area (Å²) in [5.74, 6) is 1.40. The van der Waals surface area contributed by atoms with Crippen LogP contribution in [0.4, 0.5) is 11.4 Å². The highest BCUT2D eigenvalue weighted by molar-refractivity contribution is 5.78. The minimum absolute atomic E-state index is 0.163. The van der Waals surface area contributed by atoms with Crippen LogP contribution >= 0.6 is 0 Å². The third kappa shape index (κ3) is 2.96. The van der Waals surface area contributed by atoms with Gasteiger partial charge in [0.05, 0.1) is 13.7 Å². The maximum absolute atomic E-state index is 13.4. The van der Waals surface area contributed by atoms with Crippen LogP contribution in [0.25, 0.3) is 0 Å². The molecule has 6 heteroatoms. The van der Waals surface area contributed by atoms with Crippen molar-refractivity contribution in [2.75, 3.05) is 19.0 Å². The maximum Gasteiger partial charge on any atom is 0.338 e. The molecular weight excluding hydrogens is 418 g/mol. The number of fused-ring (bicyclic) bond motifs is 4. The van der Waals surface area contributed by atoms with Crippen molar-refractivity contribution < 1.29 is 23.7 Å². The number of hydrogen-bond acceptors (Lipinski definition) is 6. The molecule has 4 saturated carbocycles. The third-order valence-electron chi connectivity index (χ3n) is 8.44. The first-order valence-electron chi connectivity index (χ1n) is 12.2. The molecule has 5 fully saturated rings. The molecule has 2 heterocycles. The van der Waals surface area contributed by atoms with E-state index in [1.165, 1.54) is 19.3 Å². The maximum atomic E-state index is 13.4. The SMILES string of the molecule is COc1ccc2c(c1)C1(OCC(C(=O)OC34CC5CC(CC(C5)C3)C4)O1)c1ccccc1N2. The molecular formula is C27H29NO5. The van der Waals surface area contributed by atoms with E-state index >= 15 is 0 Å². The van der Waals surface area contributed by atoms with Crippen LogP contribution in [0.3, 0.4) is 0 Å². The van der Waals surface area contributed by atoms with Crippen molar-refractivity contribution in [2.24, 2.45) is 17.8 Å². The van der Waals surface area contributed by atoms with Crippen LogP contribution in [0.5, 0.6) is 5.75 Å². The summed E-state index contributed by atoms with van der Waals surface area (Å²) in [7, 11) is 1.64. The van der Waals surface area contributed by atoms with E-state index in [1.54, 1.807) is 7.11 Å². The van der Waals surface area contributed by atoms with Gasteiger partial charge in [0.1, 0.15) is 11.4 Å². The summed E-state index contributed by atoms with van der Waals surface area (Å²) in [6, 6.07) is 13.7. The van der Waals surface area contributed by atoms with E-state index in [0.717, 1.165) is 41.8 Å². The number of rotatable bonds is 3. The molecule has 2 aromatic carbocycles. The van der Waals surface area contributed by atoms with Gasteiger partial charge >= 0.3 is 5.97 Å². The molecule has 2 aromatic rings. The number of benzene rings is 2. The summed E-state index contributed by atoms with van der Waals surface area (Å²) < 4.78 is 24.7. The Morgan fingerprint density at radius 2 is 1.67 bits per heavy atom. The summed E-state index contributed by atoms with van der Waals surface area (Å²) >= 11 is 0. The molecule has 33 heavy (non-hydrogen) atoms. The van der Waals surface area contributed by atoms with Gasteiger partial charge in [0.25, 0.3) is 0 Å². The van der Waals surface area contributed by atoms with Gasteiger partial charge in [-0.2, -0.15) is 0 Å². The van der Waals surface area contributed by atoms with Gasteiger partial charge in [0, 0.05) is 22.5 Å². The molecule has 6 nitrogen and oxygen atoms in total. The zero-order valence-electron chi connectivity index (χ0n) is 18.8. The van der Waals surface area contributed by atoms with E-state index in [1.807, 2.05) is 42.5 Å². The largest absolute Gasteiger partial charge is 0.497 e. The molecule has 1 saturated heterocycles. The topological polar surface area (TPSA) is 66.0 Å². The molecule has 0 amide bonds. The average Bonchev–Trinajstić information content (AvgIpc) is 3.24. The highest BCUT2D eigenvalue weighted by Gasteiger charge is 2.56. The van der Waals surface area contributed by atoms with Crippen LogP contribution in [0.2, 0.25) is 0 Å². The van der Waals surface area contributed by atoms with Crippen LogP contribution < -0.4 is 10.1 Å². The summed E-state index contributed by atoms with van der Waals surface area (Å²) in [5, 5.41) is 3.46. The van der Waals surface area contributed by atoms with Crippen molar-refractivity contribution in [2.45, 2.75) is 56.0 Å². The lowest BCUT2D eigenvalue weighted by atomic mass is 9.54. The second-order valence-electron chi connectivity index (χ2n) is 10.6. The fourth-order valence-electron chi connectivity index (χ4n) is 7.50. The van der Waals surface area contributed by atoms with Crippen molar-refractivity contribution in [1.29, 1.82) is 0 Å². The number of ether oxygens (including phenoxy) is 4. The van der Waals surface area contributed by atoms with Crippen molar-refractivity contribution in [3.05, 3.63) is 53.6 Å². The Kier molecular flexibility index (Phi) is 4.19. The van der Waals surface area contributed by atoms with Gasteiger partial charge in [-0.15, -0.1) is 0 Å². The van der Waals surface area contributed by atoms with Crippen LogP contribution in [0, 0.1) is 17.8 Å². The highest BCUT2D eigenvalue weighted by atomic mass is 16.8. The van der Waals surface area contributed by atoms with Crippen LogP contribution in [-0.4, -0.2) is 31.4 Å². The van der Waals surface area contributed by atoms with Gasteiger partial charge in [-0.25, -0.2) is 4.79 Å². The average molecular weight is 448 g/mol. The summed E-state index contributed by atoms with van der Waals surface area (Å²) in [5.41, 5.74) is 3.16. The number of methoxy groups -OCH3 is 1. The number of nitrogens with one attached hydrogen (secondary N) is 1. The number of hydrogen-bond donors (Lipinski definition) is 1. The van der Waals surface area contributed by atoms with Gasteiger partial charge in [-0.1, -0.05) is 18.2 Å². The molecule has 0 aromatic heterocycles. The lowest BCUT2D eigenvalue weighted by Gasteiger charge is -2.55. The van der Waals surface area contributed by atoms with Crippen LogP contribution in [0.1, 0.15) is 49.7 Å². The third-order valence-corrected chi connectivity index (χ3v) is 8.44. The number of esters is 1. The van der Waals surface area contributed by atoms with E-state index in [4.69, 9.17) is 18.9 Å². The normalized spacial score (nSPS) is 37.4. The van der Waals surface area contributed by atoms with Crippen molar-refractivity contribution in [3.8, 4) is 5.75 Å². The highest BCUT2D eigenvalue weighted by Crippen LogP contribution is 2.57. The Bertz CT molecular complexity index is 1090. The lowest BCUT2D eigenvalue weighted by Crippen LogP contribution is -2.53. The van der Waals surface area contributed by atoms with E-state index in [-0.39, 0.29) is 18.2 Å². The first kappa shape index (κ1) is 19.9. The minimum Gasteiger partial charge on any atom is -0.497 e. The number of anilines is 2. The summed E-state index contributed by atoms with van der Waals surface area (Å²) in [6.45, 7) is 0.163. The first-order valence-corrected chi connectivity index (χ1v) is 12.2. The Hall–Kier alpha value is -2.57. The molecule has 4 aliphatic carbocycles. The van der Waals surface area contributed by atoms with Gasteiger partial charge in [0.2, 0.25) is 5.79 Å². The van der Waals surface area contributed by atoms with Crippen LogP contribution in [0.15, 0.2) is 42.5 Å². The standard InChI is InChI=1S/C27H29NO5/c1-30-19-6-7-23-21(11-19)27(20-4-2-3-5-22(20)28-23)31-15-24(32-27)25(29)33-26-12-16-8-17(13-26)10-18(9-16)14-26/h2-7,11,16-18,24,28H,8-10,12-15H2,1H3. The van der Waals surface area contributed by atoms with Gasteiger partial charge in [-0.05, 0) is 80.5 Å². The quantitative estimate of drug-likeness (QED) is 0.677. The zero-order valence-corrected chi connectivity index (χ0v) is 18.8. The molecule has 2 aliphatic heterocycles. The van der Waals surface area contributed by atoms with Gasteiger partial charge in [-0.3, -0.25) is 0 Å². The van der Waals surface area contributed by atoms with E-state index in [9.17, 15) is 4.79 Å². The Labute approximate surface area is 193 Å². The number of para-hydroxylation sites is 1. The van der Waals surface area contributed by atoms with Crippen molar-refractivity contribution >= 4 is 17.3 Å². The Balaban J connectivity index is 1.20. The predicted octanol–water partition coefficient (Wildman–Crippen LogP) is 4.88. The Morgan fingerprint density at radius 1 is 0.970 bits per heavy atom. The van der Waals surface area contributed by atoms with E-state index < -0.39 is 11.9 Å². The van der Waals surface area contributed by atoms with Crippen molar-refractivity contribution in [1.82, 2.24) is 0 Å². The summed E-state index contributed by atoms with van der Waals surface area (Å²) in [6.07, 6.45) is 6.20. The van der Waals surface area contributed by atoms with E-state index in [0.29, 0.717) is 23.5 Å². The summed E-state index contributed by atoms with van der Waals surface area (Å²) in [4.78, 5) is 13.4. The van der Waals surface area contributed by atoms with E-state index in [2.05, 4.69) is 5.32 Å². The fraction of sp³-hybridized carbons (Fsp3) is 0.519. The molecule has 1 N–H and O–H groups in total. The second-order valence-corrected chi connectivity index (χ2v) is 10.6. The Morgan fingerprint density at radius 3 is 2.39 bits per heavy atom. The monoisotopic (exact) mass is 447 g/mol. The van der Waals surface area contributed by atoms with Gasteiger partial charge < -0.3 is 24.3 Å². The fourth-order valence-corrected chi connectivity index (χ4v) is 7.50. The molecule has 8 rings (SSSR count). The lowest BCUT2D eigenvalue weighted by molar-refractivity contribution is -0.202. The number of carbonyl (C=O) groups is 1. The van der Waals surface area contributed by atoms with Crippen molar-refractivity contribution in [3.63, 3.8) is 0 Å². The van der Waals surface area contributed by atoms with Gasteiger partial charge in [0.15, 0.2) is 6.10 Å². The number of carbonyl (C=O) groups excluding carboxylic acids is 1. The molecule has 1 spiro atoms. The molecule has 2 atom stereocenters. The molecule has 6 aliphatic rings. The first-order chi connectivity index (χ1) is 16.1. The van der Waals surface area contributed by atoms with Crippen LogP contribution in [-0.2, 0) is 24.8 Å². The molecule has 4 bridgehead atoms. The smallest absolute Gasteiger partial charge is 0.338 e. The zero-order chi connectivity index (χ0) is 22.2. The predicted molar refractivity (Wildman–Crippen MR) is 121 cm³/mol. The minimum atomic E-state index is -1.17. The second kappa shape index (κ2) is 6.97. The molecule has 172 valence electrons. The molecule has 0 radical (unpaired) electrons. The molecule has 2 unspecified atom stereocenters.